The van der Waals surface area contributed by atoms with Gasteiger partial charge in [0.2, 0.25) is 10.0 Å². The number of nitrogens with zero attached hydrogens (tertiary/aromatic N) is 4. The van der Waals surface area contributed by atoms with Gasteiger partial charge in [0, 0.05) is 24.5 Å². The summed E-state index contributed by atoms with van der Waals surface area (Å²) in [5, 5.41) is 4.75. The molecule has 2 aromatic heterocycles. The number of aryl methyl sites for hydroxylation is 1. The predicted octanol–water partition coefficient (Wildman–Crippen LogP) is 2.32. The molecule has 0 aliphatic carbocycles. The molecule has 0 aliphatic heterocycles. The first kappa shape index (κ1) is 17.5. The molecule has 2 heterocycles. The monoisotopic (exact) mass is 377 g/mol. The largest absolute Gasteiger partial charge is 0.271 e. The summed E-state index contributed by atoms with van der Waals surface area (Å²) in [6.45, 7) is 1.77. The third-order valence-corrected chi connectivity index (χ3v) is 5.71. The highest BCUT2D eigenvalue weighted by Gasteiger charge is 2.19. The van der Waals surface area contributed by atoms with E-state index < -0.39 is 10.0 Å². The summed E-state index contributed by atoms with van der Waals surface area (Å²) in [7, 11) is -1.94. The first-order valence-corrected chi connectivity index (χ1v) is 9.28. The van der Waals surface area contributed by atoms with Crippen LogP contribution in [-0.4, -0.2) is 28.2 Å². The maximum atomic E-state index is 12.5. The van der Waals surface area contributed by atoms with Crippen molar-refractivity contribution in [1.29, 1.82) is 0 Å². The second-order valence-corrected chi connectivity index (χ2v) is 7.57. The molecule has 0 unspecified atom stereocenters. The molecule has 7 nitrogen and oxygen atoms in total. The third kappa shape index (κ3) is 3.71. The molecule has 3 rings (SSSR count). The molecule has 0 saturated heterocycles. The first-order chi connectivity index (χ1) is 11.9. The standard InChI is InChI=1S/C16H16ClN5O2S/c1-11-13(17)4-3-5-16(11)25(23,24)20-9-12-8-14(21-22(12)2)15-10-18-6-7-19-15/h3-8,10,20H,9H2,1-2H3. The number of nitrogens with one attached hydrogen (secondary N) is 1. The molecule has 1 N–H and O–H groups in total. The molecule has 0 amide bonds. The van der Waals surface area contributed by atoms with Gasteiger partial charge in [0.25, 0.3) is 0 Å². The van der Waals surface area contributed by atoms with Crippen LogP contribution in [0.25, 0.3) is 11.4 Å². The van der Waals surface area contributed by atoms with Crippen LogP contribution in [0.4, 0.5) is 0 Å². The average molecular weight is 378 g/mol. The number of hydrogen-bond donors (Lipinski definition) is 1. The zero-order chi connectivity index (χ0) is 18.0. The smallest absolute Gasteiger partial charge is 0.241 e. The van der Waals surface area contributed by atoms with Gasteiger partial charge in [0.15, 0.2) is 0 Å². The number of hydrogen-bond acceptors (Lipinski definition) is 5. The Kier molecular flexibility index (Phi) is 4.85. The second-order valence-electron chi connectivity index (χ2n) is 5.42. The lowest BCUT2D eigenvalue weighted by Gasteiger charge is -2.10. The molecule has 0 fully saturated rings. The molecule has 0 saturated carbocycles. The highest BCUT2D eigenvalue weighted by molar-refractivity contribution is 7.89. The molecule has 0 spiro atoms. The Balaban J connectivity index is 1.82. The number of halogens is 1. The van der Waals surface area contributed by atoms with Crippen LogP contribution in [0.2, 0.25) is 5.02 Å². The average Bonchev–Trinajstić information content (AvgIpc) is 2.97. The minimum absolute atomic E-state index is 0.0953. The minimum atomic E-state index is -3.69. The van der Waals surface area contributed by atoms with Gasteiger partial charge in [-0.15, -0.1) is 0 Å². The summed E-state index contributed by atoms with van der Waals surface area (Å²) in [4.78, 5) is 8.36. The SMILES string of the molecule is Cc1c(Cl)cccc1S(=O)(=O)NCc1cc(-c2cnccn2)nn1C. The van der Waals surface area contributed by atoms with Gasteiger partial charge in [-0.2, -0.15) is 5.10 Å². The van der Waals surface area contributed by atoms with E-state index in [0.717, 1.165) is 0 Å². The number of aromatic nitrogens is 4. The van der Waals surface area contributed by atoms with Gasteiger partial charge >= 0.3 is 0 Å². The molecule has 130 valence electrons. The molecular formula is C16H16ClN5O2S. The van der Waals surface area contributed by atoms with Crippen LogP contribution in [0.5, 0.6) is 0 Å². The third-order valence-electron chi connectivity index (χ3n) is 3.75. The topological polar surface area (TPSA) is 89.8 Å². The fourth-order valence-corrected chi connectivity index (χ4v) is 3.85. The zero-order valence-electron chi connectivity index (χ0n) is 13.6. The molecule has 1 aromatic carbocycles. The maximum Gasteiger partial charge on any atom is 0.241 e. The summed E-state index contributed by atoms with van der Waals surface area (Å²) in [5.74, 6) is 0. The quantitative estimate of drug-likeness (QED) is 0.736. The maximum absolute atomic E-state index is 12.5. The van der Waals surface area contributed by atoms with Gasteiger partial charge in [-0.05, 0) is 30.7 Å². The fourth-order valence-electron chi connectivity index (χ4n) is 2.35. The first-order valence-electron chi connectivity index (χ1n) is 7.42. The van der Waals surface area contributed by atoms with E-state index in [9.17, 15) is 8.42 Å². The van der Waals surface area contributed by atoms with Crippen LogP contribution in [0, 0.1) is 6.92 Å². The molecule has 0 radical (unpaired) electrons. The second kappa shape index (κ2) is 6.91. The van der Waals surface area contributed by atoms with Crippen molar-refractivity contribution in [3.63, 3.8) is 0 Å². The van der Waals surface area contributed by atoms with Crippen molar-refractivity contribution in [2.24, 2.45) is 7.05 Å². The molecule has 0 atom stereocenters. The molecule has 0 bridgehead atoms. The summed E-state index contributed by atoms with van der Waals surface area (Å²) in [6, 6.07) is 6.57. The Morgan fingerprint density at radius 2 is 2.04 bits per heavy atom. The Hall–Kier alpha value is -2.29. The van der Waals surface area contributed by atoms with Crippen LogP contribution in [0.1, 0.15) is 11.3 Å². The fraction of sp³-hybridized carbons (Fsp3) is 0.188. The van der Waals surface area contributed by atoms with Gasteiger partial charge < -0.3 is 0 Å². The Labute approximate surface area is 150 Å². The van der Waals surface area contributed by atoms with Gasteiger partial charge in [-0.3, -0.25) is 14.6 Å². The van der Waals surface area contributed by atoms with Crippen molar-refractivity contribution in [1.82, 2.24) is 24.5 Å². The van der Waals surface area contributed by atoms with Crippen LogP contribution in [0.3, 0.4) is 0 Å². The van der Waals surface area contributed by atoms with E-state index in [2.05, 4.69) is 19.8 Å². The molecule has 25 heavy (non-hydrogen) atoms. The van der Waals surface area contributed by atoms with Crippen molar-refractivity contribution in [3.05, 3.63) is 59.1 Å². The van der Waals surface area contributed by atoms with E-state index in [-0.39, 0.29) is 11.4 Å². The zero-order valence-corrected chi connectivity index (χ0v) is 15.2. The van der Waals surface area contributed by atoms with Gasteiger partial charge in [-0.1, -0.05) is 17.7 Å². The Bertz CT molecular complexity index is 1000. The van der Waals surface area contributed by atoms with Crippen LogP contribution < -0.4 is 4.72 Å². The highest BCUT2D eigenvalue weighted by Crippen LogP contribution is 2.23. The van der Waals surface area contributed by atoms with Crippen LogP contribution >= 0.6 is 11.6 Å². The van der Waals surface area contributed by atoms with Crippen molar-refractivity contribution in [3.8, 4) is 11.4 Å². The highest BCUT2D eigenvalue weighted by atomic mass is 35.5. The summed E-state index contributed by atoms with van der Waals surface area (Å²) >= 11 is 6.01. The number of sulfonamides is 1. The van der Waals surface area contributed by atoms with Gasteiger partial charge in [-0.25, -0.2) is 13.1 Å². The molecule has 0 aliphatic rings. The van der Waals surface area contributed by atoms with Crippen molar-refractivity contribution >= 4 is 21.6 Å². The van der Waals surface area contributed by atoms with Crippen LogP contribution in [-0.2, 0) is 23.6 Å². The van der Waals surface area contributed by atoms with Crippen LogP contribution in [0.15, 0.2) is 47.8 Å². The van der Waals surface area contributed by atoms with E-state index in [1.54, 1.807) is 55.4 Å². The van der Waals surface area contributed by atoms with Gasteiger partial charge in [0.05, 0.1) is 23.3 Å². The summed E-state index contributed by atoms with van der Waals surface area (Å²) in [6.07, 6.45) is 4.76. The minimum Gasteiger partial charge on any atom is -0.271 e. The molecule has 9 heteroatoms. The van der Waals surface area contributed by atoms with Crippen molar-refractivity contribution in [2.45, 2.75) is 18.4 Å². The summed E-state index contributed by atoms with van der Waals surface area (Å²) in [5.41, 5.74) is 2.47. The lowest BCUT2D eigenvalue weighted by Crippen LogP contribution is -2.25. The molecular weight excluding hydrogens is 362 g/mol. The van der Waals surface area contributed by atoms with Crippen molar-refractivity contribution in [2.75, 3.05) is 0 Å². The van der Waals surface area contributed by atoms with E-state index >= 15 is 0 Å². The Morgan fingerprint density at radius 1 is 1.24 bits per heavy atom. The van der Waals surface area contributed by atoms with Crippen molar-refractivity contribution < 1.29 is 8.42 Å². The van der Waals surface area contributed by atoms with E-state index in [1.165, 1.54) is 6.07 Å². The van der Waals surface area contributed by atoms with E-state index in [0.29, 0.717) is 27.7 Å². The summed E-state index contributed by atoms with van der Waals surface area (Å²) < 4.78 is 29.3. The molecule has 3 aromatic rings. The van der Waals surface area contributed by atoms with E-state index in [4.69, 9.17) is 11.6 Å². The number of benzene rings is 1. The van der Waals surface area contributed by atoms with E-state index in [1.807, 2.05) is 0 Å². The normalized spacial score (nSPS) is 11.6. The Morgan fingerprint density at radius 3 is 2.76 bits per heavy atom. The van der Waals surface area contributed by atoms with Gasteiger partial charge in [0.1, 0.15) is 11.4 Å². The number of rotatable bonds is 5. The lowest BCUT2D eigenvalue weighted by molar-refractivity contribution is 0.576. The lowest BCUT2D eigenvalue weighted by atomic mass is 10.2. The predicted molar refractivity (Wildman–Crippen MR) is 94.4 cm³/mol.